The van der Waals surface area contributed by atoms with Gasteiger partial charge >= 0.3 is 0 Å². The third kappa shape index (κ3) is 2.41. The second-order valence-corrected chi connectivity index (χ2v) is 6.37. The average Bonchev–Trinajstić information content (AvgIpc) is 2.77. The Morgan fingerprint density at radius 2 is 1.37 bits per heavy atom. The molecule has 98 valence electrons. The van der Waals surface area contributed by atoms with Crippen LogP contribution in [0.3, 0.4) is 0 Å². The summed E-state index contributed by atoms with van der Waals surface area (Å²) < 4.78 is 29.5. The van der Waals surface area contributed by atoms with Gasteiger partial charge in [0.15, 0.2) is 0 Å². The molecule has 1 fully saturated rings. The highest BCUT2D eigenvalue weighted by Crippen LogP contribution is 2.43. The molecular formula is C15H14O3S. The summed E-state index contributed by atoms with van der Waals surface area (Å²) in [7, 11) is -3.54. The largest absolute Gasteiger partial charge is 0.275 e. The van der Waals surface area contributed by atoms with Crippen LogP contribution in [0.15, 0.2) is 60.7 Å². The first-order valence-corrected chi connectivity index (χ1v) is 7.66. The molecule has 0 bridgehead atoms. The van der Waals surface area contributed by atoms with Crippen molar-refractivity contribution < 1.29 is 12.6 Å². The van der Waals surface area contributed by atoms with Gasteiger partial charge in [-0.1, -0.05) is 60.7 Å². The van der Waals surface area contributed by atoms with E-state index in [9.17, 15) is 8.42 Å². The number of hydrogen-bond acceptors (Lipinski definition) is 3. The van der Waals surface area contributed by atoms with Crippen molar-refractivity contribution in [3.63, 3.8) is 0 Å². The van der Waals surface area contributed by atoms with Gasteiger partial charge in [0, 0.05) is 6.42 Å². The Balaban J connectivity index is 1.93. The van der Waals surface area contributed by atoms with Crippen LogP contribution in [-0.4, -0.2) is 8.42 Å². The predicted molar refractivity (Wildman–Crippen MR) is 73.0 cm³/mol. The highest BCUT2D eigenvalue weighted by Gasteiger charge is 2.41. The van der Waals surface area contributed by atoms with Gasteiger partial charge < -0.3 is 0 Å². The molecule has 2 atom stereocenters. The predicted octanol–water partition coefficient (Wildman–Crippen LogP) is 3.22. The molecule has 1 saturated heterocycles. The van der Waals surface area contributed by atoms with Gasteiger partial charge in [-0.2, -0.15) is 8.42 Å². The fourth-order valence-corrected chi connectivity index (χ4v) is 3.96. The maximum absolute atomic E-state index is 12.1. The molecule has 1 aliphatic rings. The minimum Gasteiger partial charge on any atom is -0.261 e. The van der Waals surface area contributed by atoms with Crippen molar-refractivity contribution in [2.24, 2.45) is 0 Å². The zero-order valence-electron chi connectivity index (χ0n) is 10.3. The highest BCUT2D eigenvalue weighted by molar-refractivity contribution is 7.87. The lowest BCUT2D eigenvalue weighted by Crippen LogP contribution is -2.06. The van der Waals surface area contributed by atoms with E-state index in [1.54, 1.807) is 0 Å². The van der Waals surface area contributed by atoms with Crippen molar-refractivity contribution in [1.29, 1.82) is 0 Å². The van der Waals surface area contributed by atoms with Gasteiger partial charge in [-0.3, -0.25) is 4.18 Å². The van der Waals surface area contributed by atoms with Crippen LogP contribution in [0.25, 0.3) is 0 Å². The molecule has 0 amide bonds. The van der Waals surface area contributed by atoms with Crippen molar-refractivity contribution in [2.45, 2.75) is 17.8 Å². The molecule has 1 aliphatic heterocycles. The Bertz CT molecular complexity index is 650. The van der Waals surface area contributed by atoms with Gasteiger partial charge in [0.05, 0.1) is 0 Å². The van der Waals surface area contributed by atoms with Gasteiger partial charge in [0.1, 0.15) is 11.4 Å². The monoisotopic (exact) mass is 274 g/mol. The van der Waals surface area contributed by atoms with Crippen molar-refractivity contribution in [3.05, 3.63) is 71.8 Å². The maximum Gasteiger partial charge on any atom is 0.275 e. The Morgan fingerprint density at radius 1 is 0.842 bits per heavy atom. The standard InChI is InChI=1S/C15H14O3S/c16-19(17)15(13-9-5-2-6-10-13)11-14(18-19)12-7-3-1-4-8-12/h1-10,14-15H,11H2/t14-,15+/m1/s1. The quantitative estimate of drug-likeness (QED) is 0.790. The van der Waals surface area contributed by atoms with Crippen LogP contribution in [0.1, 0.15) is 28.9 Å². The summed E-state index contributed by atoms with van der Waals surface area (Å²) in [5.41, 5.74) is 1.70. The molecule has 4 heteroatoms. The molecule has 3 nitrogen and oxygen atoms in total. The summed E-state index contributed by atoms with van der Waals surface area (Å²) in [5, 5.41) is -0.570. The zero-order valence-corrected chi connectivity index (χ0v) is 11.1. The SMILES string of the molecule is O=S1(=O)O[C@@H](c2ccccc2)C[C@H]1c1ccccc1. The Morgan fingerprint density at radius 3 is 1.95 bits per heavy atom. The molecule has 1 heterocycles. The molecule has 19 heavy (non-hydrogen) atoms. The van der Waals surface area contributed by atoms with Crippen LogP contribution < -0.4 is 0 Å². The second-order valence-electron chi connectivity index (χ2n) is 4.62. The van der Waals surface area contributed by atoms with E-state index in [1.165, 1.54) is 0 Å². The van der Waals surface area contributed by atoms with Crippen molar-refractivity contribution in [1.82, 2.24) is 0 Å². The highest BCUT2D eigenvalue weighted by atomic mass is 32.2. The normalized spacial score (nSPS) is 25.3. The van der Waals surface area contributed by atoms with Crippen molar-refractivity contribution in [2.75, 3.05) is 0 Å². The van der Waals surface area contributed by atoms with E-state index in [4.69, 9.17) is 4.18 Å². The fraction of sp³-hybridized carbons (Fsp3) is 0.200. The Labute approximate surface area is 113 Å². The van der Waals surface area contributed by atoms with Crippen LogP contribution in [0.5, 0.6) is 0 Å². The van der Waals surface area contributed by atoms with E-state index in [-0.39, 0.29) is 6.10 Å². The summed E-state index contributed by atoms with van der Waals surface area (Å²) in [5.74, 6) is 0. The molecule has 0 aromatic heterocycles. The van der Waals surface area contributed by atoms with E-state index < -0.39 is 15.4 Å². The fourth-order valence-electron chi connectivity index (χ4n) is 2.41. The zero-order chi connectivity index (χ0) is 13.3. The average molecular weight is 274 g/mol. The van der Waals surface area contributed by atoms with Gasteiger partial charge in [-0.05, 0) is 11.1 Å². The lowest BCUT2D eigenvalue weighted by molar-refractivity contribution is 0.241. The molecule has 2 aromatic carbocycles. The van der Waals surface area contributed by atoms with Crippen LogP contribution in [-0.2, 0) is 14.3 Å². The molecule has 0 N–H and O–H groups in total. The maximum atomic E-state index is 12.1. The first kappa shape index (κ1) is 12.4. The summed E-state index contributed by atoms with van der Waals surface area (Å²) in [6, 6.07) is 18.7. The van der Waals surface area contributed by atoms with Gasteiger partial charge in [-0.15, -0.1) is 0 Å². The molecular weight excluding hydrogens is 260 g/mol. The third-order valence-electron chi connectivity index (χ3n) is 3.37. The Kier molecular flexibility index (Phi) is 3.12. The lowest BCUT2D eigenvalue weighted by Gasteiger charge is -2.07. The van der Waals surface area contributed by atoms with E-state index >= 15 is 0 Å². The first-order valence-electron chi connectivity index (χ1n) is 6.19. The van der Waals surface area contributed by atoms with E-state index in [1.807, 2.05) is 60.7 Å². The molecule has 0 saturated carbocycles. The summed E-state index contributed by atoms with van der Waals surface area (Å²) >= 11 is 0. The number of benzene rings is 2. The molecule has 3 rings (SSSR count). The minimum atomic E-state index is -3.54. The van der Waals surface area contributed by atoms with Crippen molar-refractivity contribution in [3.8, 4) is 0 Å². The van der Waals surface area contributed by atoms with Gasteiger partial charge in [0.25, 0.3) is 10.1 Å². The Hall–Kier alpha value is -1.65. The smallest absolute Gasteiger partial charge is 0.261 e. The van der Waals surface area contributed by atoms with Crippen molar-refractivity contribution >= 4 is 10.1 Å². The van der Waals surface area contributed by atoms with Crippen LogP contribution in [0.4, 0.5) is 0 Å². The molecule has 0 spiro atoms. The number of rotatable bonds is 2. The van der Waals surface area contributed by atoms with Crippen LogP contribution in [0.2, 0.25) is 0 Å². The summed E-state index contributed by atoms with van der Waals surface area (Å²) in [4.78, 5) is 0. The van der Waals surface area contributed by atoms with E-state index in [0.29, 0.717) is 6.42 Å². The summed E-state index contributed by atoms with van der Waals surface area (Å²) in [6.07, 6.45) is 0.0903. The minimum absolute atomic E-state index is 0.378. The van der Waals surface area contributed by atoms with Gasteiger partial charge in [0.2, 0.25) is 0 Å². The number of hydrogen-bond donors (Lipinski definition) is 0. The summed E-state index contributed by atoms with van der Waals surface area (Å²) in [6.45, 7) is 0. The van der Waals surface area contributed by atoms with Crippen LogP contribution in [0, 0.1) is 0 Å². The molecule has 0 aliphatic carbocycles. The van der Waals surface area contributed by atoms with Gasteiger partial charge in [-0.25, -0.2) is 0 Å². The second kappa shape index (κ2) is 4.79. The van der Waals surface area contributed by atoms with E-state index in [2.05, 4.69) is 0 Å². The van der Waals surface area contributed by atoms with E-state index in [0.717, 1.165) is 11.1 Å². The lowest BCUT2D eigenvalue weighted by atomic mass is 10.0. The first-order chi connectivity index (χ1) is 9.17. The molecule has 0 radical (unpaired) electrons. The molecule has 2 aromatic rings. The molecule has 0 unspecified atom stereocenters. The van der Waals surface area contributed by atoms with Crippen LogP contribution >= 0.6 is 0 Å². The third-order valence-corrected chi connectivity index (χ3v) is 5.03. The topological polar surface area (TPSA) is 43.4 Å².